The summed E-state index contributed by atoms with van der Waals surface area (Å²) in [4.78, 5) is 20.0. The van der Waals surface area contributed by atoms with Gasteiger partial charge in [0.15, 0.2) is 5.69 Å². The smallest absolute Gasteiger partial charge is 0.360 e. The molecule has 102 valence electrons. The van der Waals surface area contributed by atoms with Crippen LogP contribution in [0.2, 0.25) is 0 Å². The zero-order chi connectivity index (χ0) is 14.0. The first-order valence-corrected chi connectivity index (χ1v) is 6.76. The molecule has 6 nitrogen and oxygen atoms in total. The van der Waals surface area contributed by atoms with Crippen molar-refractivity contribution in [2.75, 3.05) is 12.3 Å². The summed E-state index contributed by atoms with van der Waals surface area (Å²) < 4.78 is 6.65. The molecule has 2 N–H and O–H groups in total. The van der Waals surface area contributed by atoms with Crippen molar-refractivity contribution >= 4 is 23.1 Å². The Bertz CT molecular complexity index is 575. The molecule has 0 aliphatic rings. The molecule has 0 spiro atoms. The minimum atomic E-state index is -0.506. The van der Waals surface area contributed by atoms with E-state index in [-0.39, 0.29) is 5.69 Å². The second kappa shape index (κ2) is 5.00. The van der Waals surface area contributed by atoms with Gasteiger partial charge in [-0.1, -0.05) is 0 Å². The first-order valence-electron chi connectivity index (χ1n) is 5.88. The first-order chi connectivity index (χ1) is 8.98. The molecule has 0 bridgehead atoms. The van der Waals surface area contributed by atoms with Gasteiger partial charge >= 0.3 is 5.97 Å². The molecular formula is C12H16N4O2S. The third-order valence-corrected chi connectivity index (χ3v) is 3.92. The van der Waals surface area contributed by atoms with E-state index in [4.69, 9.17) is 10.5 Å². The number of nitrogen functional groups attached to an aromatic ring is 1. The van der Waals surface area contributed by atoms with Crippen LogP contribution < -0.4 is 5.73 Å². The highest BCUT2D eigenvalue weighted by Gasteiger charge is 2.30. The molecule has 2 rings (SSSR count). The standard InChI is InChI=1S/C12H16N4O2S/c1-4-18-10(17)8-9(13)16(7-15-8)12(2,3)11-14-5-6-19-11/h5-7H,4,13H2,1-3H3. The molecule has 0 saturated carbocycles. The number of thiazole rings is 1. The molecule has 0 aliphatic carbocycles. The summed E-state index contributed by atoms with van der Waals surface area (Å²) in [6.07, 6.45) is 3.28. The molecule has 19 heavy (non-hydrogen) atoms. The predicted molar refractivity (Wildman–Crippen MR) is 73.1 cm³/mol. The lowest BCUT2D eigenvalue weighted by Crippen LogP contribution is -2.28. The number of imidazole rings is 1. The molecule has 2 aromatic heterocycles. The van der Waals surface area contributed by atoms with Gasteiger partial charge in [-0.05, 0) is 20.8 Å². The number of esters is 1. The van der Waals surface area contributed by atoms with E-state index in [1.165, 1.54) is 11.3 Å². The van der Waals surface area contributed by atoms with Crippen LogP contribution in [0.4, 0.5) is 5.82 Å². The van der Waals surface area contributed by atoms with Crippen LogP contribution in [0, 0.1) is 0 Å². The number of hydrogen-bond acceptors (Lipinski definition) is 6. The van der Waals surface area contributed by atoms with Gasteiger partial charge in [-0.25, -0.2) is 14.8 Å². The van der Waals surface area contributed by atoms with Crippen LogP contribution in [0.3, 0.4) is 0 Å². The van der Waals surface area contributed by atoms with Crippen LogP contribution in [0.1, 0.15) is 36.3 Å². The van der Waals surface area contributed by atoms with Crippen molar-refractivity contribution in [1.29, 1.82) is 0 Å². The van der Waals surface area contributed by atoms with Crippen LogP contribution in [-0.4, -0.2) is 27.1 Å². The SMILES string of the molecule is CCOC(=O)c1ncn(C(C)(C)c2nccs2)c1N. The van der Waals surface area contributed by atoms with E-state index in [0.717, 1.165) is 5.01 Å². The van der Waals surface area contributed by atoms with Crippen molar-refractivity contribution in [1.82, 2.24) is 14.5 Å². The van der Waals surface area contributed by atoms with E-state index < -0.39 is 11.5 Å². The van der Waals surface area contributed by atoms with Crippen LogP contribution in [0.5, 0.6) is 0 Å². The minimum Gasteiger partial charge on any atom is -0.461 e. The molecule has 0 radical (unpaired) electrons. The summed E-state index contributed by atoms with van der Waals surface area (Å²) in [5.74, 6) is -0.215. The maximum absolute atomic E-state index is 11.7. The highest BCUT2D eigenvalue weighted by atomic mass is 32.1. The number of carbonyl (C=O) groups excluding carboxylic acids is 1. The fraction of sp³-hybridized carbons (Fsp3) is 0.417. The quantitative estimate of drug-likeness (QED) is 0.865. The highest BCUT2D eigenvalue weighted by molar-refractivity contribution is 7.09. The van der Waals surface area contributed by atoms with Gasteiger partial charge in [-0.2, -0.15) is 0 Å². The van der Waals surface area contributed by atoms with Crippen molar-refractivity contribution in [3.8, 4) is 0 Å². The van der Waals surface area contributed by atoms with E-state index in [2.05, 4.69) is 9.97 Å². The van der Waals surface area contributed by atoms with E-state index in [0.29, 0.717) is 12.4 Å². The average molecular weight is 280 g/mol. The largest absolute Gasteiger partial charge is 0.461 e. The zero-order valence-corrected chi connectivity index (χ0v) is 11.9. The lowest BCUT2D eigenvalue weighted by molar-refractivity contribution is 0.0521. The average Bonchev–Trinajstić information content (AvgIpc) is 2.97. The van der Waals surface area contributed by atoms with E-state index >= 15 is 0 Å². The van der Waals surface area contributed by atoms with Gasteiger partial charge < -0.3 is 15.0 Å². The van der Waals surface area contributed by atoms with Crippen LogP contribution in [0.15, 0.2) is 17.9 Å². The first kappa shape index (κ1) is 13.5. The second-order valence-electron chi connectivity index (χ2n) is 4.47. The number of carbonyl (C=O) groups is 1. The van der Waals surface area contributed by atoms with E-state index in [1.54, 1.807) is 24.0 Å². The Morgan fingerprint density at radius 2 is 2.26 bits per heavy atom. The summed E-state index contributed by atoms with van der Waals surface area (Å²) in [6.45, 7) is 5.98. The van der Waals surface area contributed by atoms with Crippen molar-refractivity contribution in [3.63, 3.8) is 0 Å². The lowest BCUT2D eigenvalue weighted by atomic mass is 10.1. The molecular weight excluding hydrogens is 264 g/mol. The predicted octanol–water partition coefficient (Wildman–Crippen LogP) is 1.88. The van der Waals surface area contributed by atoms with Gasteiger partial charge in [0.25, 0.3) is 0 Å². The molecule has 2 heterocycles. The molecule has 2 aromatic rings. The highest BCUT2D eigenvalue weighted by Crippen LogP contribution is 2.30. The molecule has 0 fully saturated rings. The van der Waals surface area contributed by atoms with Crippen molar-refractivity contribution in [2.24, 2.45) is 0 Å². The lowest BCUT2D eigenvalue weighted by Gasteiger charge is -2.25. The third kappa shape index (κ3) is 2.33. The fourth-order valence-corrected chi connectivity index (χ4v) is 2.55. The Labute approximate surface area is 115 Å². The summed E-state index contributed by atoms with van der Waals surface area (Å²) in [7, 11) is 0. The normalized spacial score (nSPS) is 11.5. The Balaban J connectivity index is 2.40. The number of aromatic nitrogens is 3. The Morgan fingerprint density at radius 3 is 2.84 bits per heavy atom. The maximum atomic E-state index is 11.7. The number of rotatable bonds is 4. The van der Waals surface area contributed by atoms with Crippen LogP contribution >= 0.6 is 11.3 Å². The molecule has 0 unspecified atom stereocenters. The van der Waals surface area contributed by atoms with Gasteiger partial charge in [0.05, 0.1) is 18.5 Å². The van der Waals surface area contributed by atoms with E-state index in [1.807, 2.05) is 19.2 Å². The summed E-state index contributed by atoms with van der Waals surface area (Å²) in [5, 5.41) is 2.79. The number of nitrogens with two attached hydrogens (primary N) is 1. The Morgan fingerprint density at radius 1 is 1.53 bits per heavy atom. The number of anilines is 1. The van der Waals surface area contributed by atoms with Crippen molar-refractivity contribution < 1.29 is 9.53 Å². The van der Waals surface area contributed by atoms with Crippen LogP contribution in [-0.2, 0) is 10.3 Å². The monoisotopic (exact) mass is 280 g/mol. The molecule has 0 atom stereocenters. The topological polar surface area (TPSA) is 83.0 Å². The molecule has 0 saturated heterocycles. The molecule has 0 amide bonds. The number of nitrogens with zero attached hydrogens (tertiary/aromatic N) is 3. The maximum Gasteiger partial charge on any atom is 0.360 e. The van der Waals surface area contributed by atoms with Gasteiger partial charge in [0.1, 0.15) is 10.8 Å². The molecule has 0 aliphatic heterocycles. The molecule has 0 aromatic carbocycles. The van der Waals surface area contributed by atoms with Gasteiger partial charge in [-0.3, -0.25) is 0 Å². The van der Waals surface area contributed by atoms with Crippen molar-refractivity contribution in [2.45, 2.75) is 26.3 Å². The Hall–Kier alpha value is -1.89. The van der Waals surface area contributed by atoms with Gasteiger partial charge in [-0.15, -0.1) is 11.3 Å². The third-order valence-electron chi connectivity index (χ3n) is 2.83. The summed E-state index contributed by atoms with van der Waals surface area (Å²) in [5.41, 5.74) is 5.69. The van der Waals surface area contributed by atoms with Gasteiger partial charge in [0.2, 0.25) is 0 Å². The summed E-state index contributed by atoms with van der Waals surface area (Å²) >= 11 is 1.53. The van der Waals surface area contributed by atoms with E-state index in [9.17, 15) is 4.79 Å². The zero-order valence-electron chi connectivity index (χ0n) is 11.1. The number of ether oxygens (including phenoxy) is 1. The fourth-order valence-electron chi connectivity index (χ4n) is 1.79. The molecule has 7 heteroatoms. The number of hydrogen-bond donors (Lipinski definition) is 1. The van der Waals surface area contributed by atoms with Gasteiger partial charge in [0, 0.05) is 11.6 Å². The minimum absolute atomic E-state index is 0.145. The summed E-state index contributed by atoms with van der Waals surface area (Å²) in [6, 6.07) is 0. The van der Waals surface area contributed by atoms with Crippen LogP contribution in [0.25, 0.3) is 0 Å². The second-order valence-corrected chi connectivity index (χ2v) is 5.36. The van der Waals surface area contributed by atoms with Crippen molar-refractivity contribution in [3.05, 3.63) is 28.6 Å². The Kier molecular flexibility index (Phi) is 3.57.